The number of hydrogen-bond acceptors (Lipinski definition) is 2. The number of carbonyl (C=O) groups is 2. The average Bonchev–Trinajstić information content (AvgIpc) is 2.50. The van der Waals surface area contributed by atoms with E-state index in [4.69, 9.17) is 23.2 Å². The van der Waals surface area contributed by atoms with Gasteiger partial charge in [0.15, 0.2) is 0 Å². The zero-order chi connectivity index (χ0) is 16.1. The molecule has 4 nitrogen and oxygen atoms in total. The fourth-order valence-corrected chi connectivity index (χ4v) is 2.89. The fourth-order valence-electron chi connectivity index (χ4n) is 2.59. The molecule has 22 heavy (non-hydrogen) atoms. The molecular formula is C16H20Cl2N2O2. The predicted octanol–water partition coefficient (Wildman–Crippen LogP) is 3.48. The fraction of sp³-hybridized carbons (Fsp3) is 0.500. The van der Waals surface area contributed by atoms with Gasteiger partial charge >= 0.3 is 0 Å². The molecule has 0 radical (unpaired) electrons. The summed E-state index contributed by atoms with van der Waals surface area (Å²) in [7, 11) is 0. The zero-order valence-electron chi connectivity index (χ0n) is 12.5. The van der Waals surface area contributed by atoms with Crippen LogP contribution in [0.2, 0.25) is 10.0 Å². The van der Waals surface area contributed by atoms with Gasteiger partial charge < -0.3 is 10.6 Å². The van der Waals surface area contributed by atoms with Crippen LogP contribution in [-0.4, -0.2) is 18.4 Å². The Labute approximate surface area is 140 Å². The van der Waals surface area contributed by atoms with Gasteiger partial charge in [0.1, 0.15) is 0 Å². The van der Waals surface area contributed by atoms with E-state index in [1.54, 1.807) is 12.1 Å². The molecule has 2 atom stereocenters. The second kappa shape index (κ2) is 7.84. The third-order valence-electron chi connectivity index (χ3n) is 3.88. The molecule has 2 amide bonds. The van der Waals surface area contributed by atoms with Crippen LogP contribution in [0, 0.1) is 5.92 Å². The molecule has 0 bridgehead atoms. The molecule has 1 aromatic rings. The Morgan fingerprint density at radius 2 is 2.18 bits per heavy atom. The van der Waals surface area contributed by atoms with E-state index >= 15 is 0 Å². The Bertz CT molecular complexity index is 553. The standard InChI is InChI=1S/C16H20Cl2N2O2/c1-2-3-14(10-4-6-12(17)13(18)8-10)20-16(22)11-5-7-15(21)19-9-11/h4,6,8,11,14H,2-3,5,7,9H2,1H3,(H,19,21)(H,20,22)/t11-,14+/m0/s1. The molecule has 1 aliphatic heterocycles. The SMILES string of the molecule is CCC[C@@H](NC(=O)[C@H]1CCC(=O)NC1)c1ccc(Cl)c(Cl)c1. The minimum Gasteiger partial charge on any atom is -0.355 e. The Balaban J connectivity index is 2.06. The quantitative estimate of drug-likeness (QED) is 0.860. The third kappa shape index (κ3) is 4.37. The largest absolute Gasteiger partial charge is 0.355 e. The van der Waals surface area contributed by atoms with E-state index in [1.165, 1.54) is 0 Å². The second-order valence-corrected chi connectivity index (χ2v) is 6.38. The van der Waals surface area contributed by atoms with Crippen molar-refractivity contribution in [2.45, 2.75) is 38.6 Å². The Kier molecular flexibility index (Phi) is 6.09. The van der Waals surface area contributed by atoms with Crippen molar-refractivity contribution in [1.29, 1.82) is 0 Å². The van der Waals surface area contributed by atoms with Gasteiger partial charge in [-0.15, -0.1) is 0 Å². The minimum atomic E-state index is -0.167. The number of carbonyl (C=O) groups excluding carboxylic acids is 2. The van der Waals surface area contributed by atoms with Gasteiger partial charge in [-0.05, 0) is 30.5 Å². The van der Waals surface area contributed by atoms with Crippen molar-refractivity contribution in [2.24, 2.45) is 5.92 Å². The summed E-state index contributed by atoms with van der Waals surface area (Å²) in [5.41, 5.74) is 0.949. The smallest absolute Gasteiger partial charge is 0.225 e. The topological polar surface area (TPSA) is 58.2 Å². The van der Waals surface area contributed by atoms with Crippen LogP contribution in [-0.2, 0) is 9.59 Å². The van der Waals surface area contributed by atoms with Crippen LogP contribution in [0.5, 0.6) is 0 Å². The van der Waals surface area contributed by atoms with Crippen molar-refractivity contribution in [1.82, 2.24) is 10.6 Å². The third-order valence-corrected chi connectivity index (χ3v) is 4.62. The summed E-state index contributed by atoms with van der Waals surface area (Å²) >= 11 is 12.0. The van der Waals surface area contributed by atoms with E-state index in [0.29, 0.717) is 29.4 Å². The molecule has 0 unspecified atom stereocenters. The monoisotopic (exact) mass is 342 g/mol. The summed E-state index contributed by atoms with van der Waals surface area (Å²) in [5.74, 6) is -0.178. The van der Waals surface area contributed by atoms with Crippen LogP contribution in [0.15, 0.2) is 18.2 Å². The van der Waals surface area contributed by atoms with E-state index < -0.39 is 0 Å². The minimum absolute atomic E-state index is 0.0126. The molecule has 1 aliphatic rings. The van der Waals surface area contributed by atoms with Gasteiger partial charge in [0.25, 0.3) is 0 Å². The van der Waals surface area contributed by atoms with Crippen molar-refractivity contribution >= 4 is 35.0 Å². The van der Waals surface area contributed by atoms with Gasteiger partial charge in [-0.3, -0.25) is 9.59 Å². The summed E-state index contributed by atoms with van der Waals surface area (Å²) in [4.78, 5) is 23.6. The van der Waals surface area contributed by atoms with Crippen LogP contribution < -0.4 is 10.6 Å². The van der Waals surface area contributed by atoms with Gasteiger partial charge in [0.2, 0.25) is 11.8 Å². The molecule has 1 aromatic carbocycles. The van der Waals surface area contributed by atoms with E-state index in [-0.39, 0.29) is 23.8 Å². The molecule has 0 aromatic heterocycles. The van der Waals surface area contributed by atoms with Gasteiger partial charge in [-0.25, -0.2) is 0 Å². The summed E-state index contributed by atoms with van der Waals surface area (Å²) in [6, 6.07) is 5.34. The van der Waals surface area contributed by atoms with Gasteiger partial charge in [-0.1, -0.05) is 42.6 Å². The Hall–Kier alpha value is -1.26. The zero-order valence-corrected chi connectivity index (χ0v) is 14.0. The van der Waals surface area contributed by atoms with Crippen LogP contribution in [0.3, 0.4) is 0 Å². The van der Waals surface area contributed by atoms with Crippen LogP contribution in [0.1, 0.15) is 44.2 Å². The van der Waals surface area contributed by atoms with Crippen molar-refractivity contribution in [3.63, 3.8) is 0 Å². The van der Waals surface area contributed by atoms with Gasteiger partial charge in [-0.2, -0.15) is 0 Å². The summed E-state index contributed by atoms with van der Waals surface area (Å²) < 4.78 is 0. The highest BCUT2D eigenvalue weighted by atomic mass is 35.5. The molecule has 1 heterocycles. The average molecular weight is 343 g/mol. The summed E-state index contributed by atoms with van der Waals surface area (Å²) in [6.07, 6.45) is 2.76. The molecular weight excluding hydrogens is 323 g/mol. The van der Waals surface area contributed by atoms with Gasteiger partial charge in [0, 0.05) is 13.0 Å². The first-order valence-electron chi connectivity index (χ1n) is 7.53. The second-order valence-electron chi connectivity index (χ2n) is 5.56. The van der Waals surface area contributed by atoms with Gasteiger partial charge in [0.05, 0.1) is 22.0 Å². The van der Waals surface area contributed by atoms with Crippen LogP contribution in [0.4, 0.5) is 0 Å². The van der Waals surface area contributed by atoms with E-state index in [1.807, 2.05) is 6.07 Å². The highest BCUT2D eigenvalue weighted by molar-refractivity contribution is 6.42. The first-order chi connectivity index (χ1) is 10.5. The maximum absolute atomic E-state index is 12.4. The summed E-state index contributed by atoms with van der Waals surface area (Å²) in [5, 5.41) is 6.80. The lowest BCUT2D eigenvalue weighted by atomic mass is 9.96. The molecule has 0 aliphatic carbocycles. The maximum atomic E-state index is 12.4. The molecule has 0 saturated carbocycles. The summed E-state index contributed by atoms with van der Waals surface area (Å²) in [6.45, 7) is 2.47. The molecule has 0 spiro atoms. The number of piperidine rings is 1. The predicted molar refractivity (Wildman–Crippen MR) is 88.0 cm³/mol. The lowest BCUT2D eigenvalue weighted by Gasteiger charge is -2.25. The van der Waals surface area contributed by atoms with Crippen molar-refractivity contribution in [3.05, 3.63) is 33.8 Å². The van der Waals surface area contributed by atoms with Crippen molar-refractivity contribution in [2.75, 3.05) is 6.54 Å². The van der Waals surface area contributed by atoms with Crippen LogP contribution in [0.25, 0.3) is 0 Å². The highest BCUT2D eigenvalue weighted by Crippen LogP contribution is 2.28. The normalized spacial score (nSPS) is 19.4. The molecule has 2 rings (SSSR count). The molecule has 1 fully saturated rings. The molecule has 2 N–H and O–H groups in total. The highest BCUT2D eigenvalue weighted by Gasteiger charge is 2.26. The van der Waals surface area contributed by atoms with Crippen molar-refractivity contribution in [3.8, 4) is 0 Å². The first-order valence-corrected chi connectivity index (χ1v) is 8.29. The lowest BCUT2D eigenvalue weighted by Crippen LogP contribution is -2.43. The van der Waals surface area contributed by atoms with Crippen LogP contribution >= 0.6 is 23.2 Å². The number of rotatable bonds is 5. The number of hydrogen-bond donors (Lipinski definition) is 2. The molecule has 120 valence electrons. The van der Waals surface area contributed by atoms with E-state index in [2.05, 4.69) is 17.6 Å². The first kappa shape index (κ1) is 17.1. The molecule has 6 heteroatoms. The molecule has 1 saturated heterocycles. The number of halogens is 2. The number of benzene rings is 1. The number of nitrogens with one attached hydrogen (secondary N) is 2. The Morgan fingerprint density at radius 3 is 2.77 bits per heavy atom. The lowest BCUT2D eigenvalue weighted by molar-refractivity contribution is -0.129. The van der Waals surface area contributed by atoms with E-state index in [0.717, 1.165) is 18.4 Å². The maximum Gasteiger partial charge on any atom is 0.225 e. The van der Waals surface area contributed by atoms with E-state index in [9.17, 15) is 9.59 Å². The number of amides is 2. The van der Waals surface area contributed by atoms with Crippen molar-refractivity contribution < 1.29 is 9.59 Å². The Morgan fingerprint density at radius 1 is 1.41 bits per heavy atom.